The number of rotatable bonds is 3. The fraction of sp³-hybridized carbons (Fsp3) is 0.385. The molecule has 192 valence electrons. The molecule has 6 rings (SSSR count). The molecule has 11 heteroatoms. The number of ether oxygens (including phenoxy) is 1. The number of hydrogen-bond donors (Lipinski definition) is 2. The van der Waals surface area contributed by atoms with Crippen LogP contribution in [0.4, 0.5) is 13.2 Å². The van der Waals surface area contributed by atoms with E-state index in [1.54, 1.807) is 13.8 Å². The molecule has 0 spiro atoms. The normalized spacial score (nSPS) is 21.5. The first-order valence-corrected chi connectivity index (χ1v) is 12.0. The van der Waals surface area contributed by atoms with Crippen molar-refractivity contribution < 1.29 is 32.6 Å². The molecule has 3 aromatic rings. The van der Waals surface area contributed by atoms with Gasteiger partial charge in [-0.15, -0.1) is 0 Å². The molecule has 0 bridgehead atoms. The number of cyclic esters (lactones) is 1. The molecule has 3 aliphatic rings. The summed E-state index contributed by atoms with van der Waals surface area (Å²) >= 11 is 0. The number of nitrogens with one attached hydrogen (secondary N) is 1. The Hall–Kier alpha value is -3.73. The molecular formula is C26H22F3N3O5. The zero-order valence-corrected chi connectivity index (χ0v) is 20.0. The molecule has 1 amide bonds. The highest BCUT2D eigenvalue weighted by atomic mass is 19.3. The summed E-state index contributed by atoms with van der Waals surface area (Å²) in [7, 11) is 0. The number of aliphatic hydroxyl groups is 1. The highest BCUT2D eigenvalue weighted by molar-refractivity contribution is 5.94. The lowest BCUT2D eigenvalue weighted by atomic mass is 9.81. The van der Waals surface area contributed by atoms with Gasteiger partial charge in [0.1, 0.15) is 12.4 Å². The van der Waals surface area contributed by atoms with E-state index in [0.717, 1.165) is 0 Å². The molecule has 37 heavy (non-hydrogen) atoms. The Kier molecular flexibility index (Phi) is 5.04. The van der Waals surface area contributed by atoms with Gasteiger partial charge in [-0.25, -0.2) is 14.2 Å². The van der Waals surface area contributed by atoms with Crippen molar-refractivity contribution in [1.82, 2.24) is 14.9 Å². The Morgan fingerprint density at radius 1 is 1.30 bits per heavy atom. The monoisotopic (exact) mass is 513 g/mol. The quantitative estimate of drug-likeness (QED) is 0.408. The number of nitrogens with zero attached hydrogens (tertiary/aromatic N) is 2. The SMILES string of the molecule is CC[C@@]1(O)C(=O)OCc2c1cc1n(c2=O)Cc2c-1nc1cc(F)c(C)c3c1c2[C@@H](NC(=O)C(F)F)CC3. The Morgan fingerprint density at radius 3 is 2.76 bits per heavy atom. The highest BCUT2D eigenvalue weighted by Gasteiger charge is 2.46. The van der Waals surface area contributed by atoms with E-state index in [4.69, 9.17) is 4.74 Å². The maximum absolute atomic E-state index is 14.8. The average molecular weight is 513 g/mol. The van der Waals surface area contributed by atoms with Crippen molar-refractivity contribution in [3.8, 4) is 11.4 Å². The number of fused-ring (bicyclic) bond motifs is 5. The Morgan fingerprint density at radius 2 is 2.05 bits per heavy atom. The van der Waals surface area contributed by atoms with Crippen LogP contribution in [0.2, 0.25) is 0 Å². The summed E-state index contributed by atoms with van der Waals surface area (Å²) in [6, 6.07) is 1.99. The van der Waals surface area contributed by atoms with Crippen LogP contribution in [0.15, 0.2) is 16.9 Å². The van der Waals surface area contributed by atoms with Crippen molar-refractivity contribution in [2.75, 3.05) is 0 Å². The third kappa shape index (κ3) is 3.13. The first-order valence-electron chi connectivity index (χ1n) is 12.0. The van der Waals surface area contributed by atoms with Crippen LogP contribution in [0.5, 0.6) is 0 Å². The maximum Gasteiger partial charge on any atom is 0.343 e. The second kappa shape index (κ2) is 7.88. The molecule has 0 unspecified atom stereocenters. The predicted molar refractivity (Wildman–Crippen MR) is 124 cm³/mol. The lowest BCUT2D eigenvalue weighted by molar-refractivity contribution is -0.172. The molecule has 0 saturated heterocycles. The highest BCUT2D eigenvalue weighted by Crippen LogP contribution is 2.45. The average Bonchev–Trinajstić information content (AvgIpc) is 3.24. The lowest BCUT2D eigenvalue weighted by Crippen LogP contribution is -2.44. The minimum atomic E-state index is -3.21. The smallest absolute Gasteiger partial charge is 0.343 e. The van der Waals surface area contributed by atoms with Crippen LogP contribution < -0.4 is 10.9 Å². The van der Waals surface area contributed by atoms with Crippen molar-refractivity contribution in [3.63, 3.8) is 0 Å². The summed E-state index contributed by atoms with van der Waals surface area (Å²) in [5, 5.41) is 14.1. The van der Waals surface area contributed by atoms with Crippen LogP contribution in [0.25, 0.3) is 22.3 Å². The number of alkyl halides is 2. The van der Waals surface area contributed by atoms with Crippen molar-refractivity contribution in [3.05, 3.63) is 61.7 Å². The van der Waals surface area contributed by atoms with Gasteiger partial charge in [-0.1, -0.05) is 6.92 Å². The van der Waals surface area contributed by atoms with Crippen LogP contribution in [-0.4, -0.2) is 33.0 Å². The Bertz CT molecular complexity index is 1620. The van der Waals surface area contributed by atoms with Crippen molar-refractivity contribution in [1.29, 1.82) is 0 Å². The summed E-state index contributed by atoms with van der Waals surface area (Å²) in [6.45, 7) is 2.96. The number of esters is 1. The molecule has 1 aliphatic carbocycles. The number of carbonyl (C=O) groups is 2. The largest absolute Gasteiger partial charge is 0.458 e. The van der Waals surface area contributed by atoms with Crippen LogP contribution in [0.3, 0.4) is 0 Å². The number of carbonyl (C=O) groups excluding carboxylic acids is 2. The van der Waals surface area contributed by atoms with E-state index >= 15 is 0 Å². The minimum Gasteiger partial charge on any atom is -0.458 e. The zero-order valence-electron chi connectivity index (χ0n) is 20.0. The van der Waals surface area contributed by atoms with Gasteiger partial charge in [-0.2, -0.15) is 8.78 Å². The van der Waals surface area contributed by atoms with Gasteiger partial charge in [0.15, 0.2) is 5.60 Å². The number of hydrogen-bond acceptors (Lipinski definition) is 6. The first kappa shape index (κ1) is 23.7. The number of aromatic nitrogens is 2. The second-order valence-corrected chi connectivity index (χ2v) is 9.71. The summed E-state index contributed by atoms with van der Waals surface area (Å²) in [5.74, 6) is -2.75. The second-order valence-electron chi connectivity index (χ2n) is 9.71. The number of amides is 1. The molecule has 1 aromatic carbocycles. The van der Waals surface area contributed by atoms with Gasteiger partial charge in [-0.3, -0.25) is 9.59 Å². The van der Waals surface area contributed by atoms with Crippen LogP contribution in [0.1, 0.15) is 59.2 Å². The molecule has 2 atom stereocenters. The first-order chi connectivity index (χ1) is 17.6. The van der Waals surface area contributed by atoms with Crippen LogP contribution in [0, 0.1) is 12.7 Å². The summed E-state index contributed by atoms with van der Waals surface area (Å²) in [4.78, 5) is 42.6. The van der Waals surface area contributed by atoms with Gasteiger partial charge >= 0.3 is 12.4 Å². The van der Waals surface area contributed by atoms with E-state index in [-0.39, 0.29) is 42.6 Å². The fourth-order valence-electron chi connectivity index (χ4n) is 5.93. The van der Waals surface area contributed by atoms with Gasteiger partial charge in [0.2, 0.25) is 0 Å². The lowest BCUT2D eigenvalue weighted by Gasteiger charge is -2.31. The van der Waals surface area contributed by atoms with Gasteiger partial charge in [0.05, 0.1) is 35.1 Å². The molecule has 2 aliphatic heterocycles. The van der Waals surface area contributed by atoms with Gasteiger partial charge in [-0.05, 0) is 48.9 Å². The van der Waals surface area contributed by atoms with Crippen molar-refractivity contribution >= 4 is 22.8 Å². The van der Waals surface area contributed by atoms with Gasteiger partial charge in [0.25, 0.3) is 11.5 Å². The van der Waals surface area contributed by atoms with Crippen LogP contribution in [-0.2, 0) is 39.5 Å². The van der Waals surface area contributed by atoms with E-state index < -0.39 is 41.3 Å². The molecule has 0 fully saturated rings. The molecule has 2 aromatic heterocycles. The van der Waals surface area contributed by atoms with E-state index in [0.29, 0.717) is 45.4 Å². The fourth-order valence-corrected chi connectivity index (χ4v) is 5.93. The maximum atomic E-state index is 14.8. The molecule has 2 N–H and O–H groups in total. The Labute approximate surface area is 208 Å². The molecule has 8 nitrogen and oxygen atoms in total. The molecule has 4 heterocycles. The third-order valence-corrected chi connectivity index (χ3v) is 7.89. The number of benzene rings is 1. The number of halogens is 3. The Balaban J connectivity index is 1.65. The van der Waals surface area contributed by atoms with E-state index in [1.165, 1.54) is 16.7 Å². The standard InChI is InChI=1S/C26H22F3N3O5/c1-3-26(36)14-6-18-21-12(8-32(18)24(34)13(14)9-37-25(26)35)20-16(31-23(33)22(28)29)5-4-11-10(2)15(27)7-17(30-21)19(11)20/h6-7,16,22,36H,3-5,8-9H2,1-2H3,(H,31,33)/t16-,26-/m0/s1. The summed E-state index contributed by atoms with van der Waals surface area (Å²) in [6.07, 6.45) is -2.62. The number of pyridine rings is 2. The van der Waals surface area contributed by atoms with Crippen molar-refractivity contribution in [2.45, 2.75) is 64.3 Å². The number of aryl methyl sites for hydroxylation is 1. The van der Waals surface area contributed by atoms with Crippen LogP contribution >= 0.6 is 0 Å². The summed E-state index contributed by atoms with van der Waals surface area (Å²) < 4.78 is 47.7. The predicted octanol–water partition coefficient (Wildman–Crippen LogP) is 2.90. The van der Waals surface area contributed by atoms with E-state index in [1.807, 2.05) is 0 Å². The summed E-state index contributed by atoms with van der Waals surface area (Å²) in [5.41, 5.74) is 0.847. The third-order valence-electron chi connectivity index (χ3n) is 7.89. The van der Waals surface area contributed by atoms with Gasteiger partial charge < -0.3 is 19.7 Å². The van der Waals surface area contributed by atoms with E-state index in [2.05, 4.69) is 10.3 Å². The molecule has 0 saturated carbocycles. The van der Waals surface area contributed by atoms with E-state index in [9.17, 15) is 32.7 Å². The minimum absolute atomic E-state index is 0.0272. The van der Waals surface area contributed by atoms with Crippen molar-refractivity contribution in [2.24, 2.45) is 0 Å². The zero-order chi connectivity index (χ0) is 26.4. The van der Waals surface area contributed by atoms with Gasteiger partial charge in [0, 0.05) is 22.6 Å². The molecular weight excluding hydrogens is 491 g/mol. The molecule has 0 radical (unpaired) electrons. The topological polar surface area (TPSA) is 111 Å².